The van der Waals surface area contributed by atoms with E-state index in [1.54, 1.807) is 0 Å². The van der Waals surface area contributed by atoms with Crippen LogP contribution in [0.4, 0.5) is 17.1 Å². The molecule has 0 aliphatic carbocycles. The van der Waals surface area contributed by atoms with Crippen LogP contribution in [0.15, 0.2) is 262 Å². The van der Waals surface area contributed by atoms with E-state index >= 15 is 0 Å². The largest absolute Gasteiger partial charge is 0.310 e. The van der Waals surface area contributed by atoms with Crippen molar-refractivity contribution in [2.75, 3.05) is 4.90 Å². The van der Waals surface area contributed by atoms with E-state index in [0.717, 1.165) is 22.7 Å². The van der Waals surface area contributed by atoms with Crippen molar-refractivity contribution in [3.8, 4) is 16.8 Å². The molecule has 0 aliphatic heterocycles. The van der Waals surface area contributed by atoms with E-state index in [-0.39, 0.29) is 0 Å². The van der Waals surface area contributed by atoms with E-state index in [1.165, 1.54) is 52.5 Å². The van der Waals surface area contributed by atoms with Gasteiger partial charge in [0.25, 0.3) is 0 Å². The molecule has 0 radical (unpaired) electrons. The molecule has 0 atom stereocenters. The monoisotopic (exact) mass is 748 g/mol. The SMILES string of the molecule is c1ccc(N(c2ccc(-c3ccc(S(c4ccccc4)(c4ccccc4)c4ccccc4)cc3)cc2)c2ccc3c(c2)c2ccccc2n3-c2ccccc2)cc1. The summed E-state index contributed by atoms with van der Waals surface area (Å²) < 4.78 is 2.37. The summed E-state index contributed by atoms with van der Waals surface area (Å²) in [4.78, 5) is 7.64. The molecular formula is C54H40N2S. The number of hydrogen-bond acceptors (Lipinski definition) is 1. The van der Waals surface area contributed by atoms with Crippen molar-refractivity contribution in [2.45, 2.75) is 19.6 Å². The van der Waals surface area contributed by atoms with Crippen LogP contribution in [-0.2, 0) is 0 Å². The molecule has 1 aromatic heterocycles. The molecule has 0 amide bonds. The fourth-order valence-corrected chi connectivity index (χ4v) is 12.2. The lowest BCUT2D eigenvalue weighted by molar-refractivity contribution is 1.18. The van der Waals surface area contributed by atoms with Gasteiger partial charge in [-0.15, -0.1) is 10.0 Å². The number of para-hydroxylation sites is 3. The van der Waals surface area contributed by atoms with Crippen molar-refractivity contribution in [1.29, 1.82) is 0 Å². The Bertz CT molecular complexity index is 2810. The first-order valence-corrected chi connectivity index (χ1v) is 21.1. The highest BCUT2D eigenvalue weighted by molar-refractivity contribution is 8.34. The molecule has 0 N–H and O–H groups in total. The zero-order valence-electron chi connectivity index (χ0n) is 31.4. The minimum absolute atomic E-state index is 1.11. The molecule has 3 heteroatoms. The van der Waals surface area contributed by atoms with E-state index in [1.807, 2.05) is 0 Å². The van der Waals surface area contributed by atoms with Crippen LogP contribution in [0, 0.1) is 0 Å². The average Bonchev–Trinajstić information content (AvgIpc) is 3.63. The molecule has 272 valence electrons. The normalized spacial score (nSPS) is 11.8. The highest BCUT2D eigenvalue weighted by atomic mass is 32.3. The summed E-state index contributed by atoms with van der Waals surface area (Å²) in [6.45, 7) is 0. The molecule has 0 spiro atoms. The topological polar surface area (TPSA) is 8.17 Å². The molecule has 9 aromatic carbocycles. The Morgan fingerprint density at radius 2 is 0.702 bits per heavy atom. The predicted octanol–water partition coefficient (Wildman–Crippen LogP) is 15.3. The zero-order valence-corrected chi connectivity index (χ0v) is 32.2. The molecule has 10 aromatic rings. The molecular weight excluding hydrogens is 709 g/mol. The first-order chi connectivity index (χ1) is 28.3. The Balaban J connectivity index is 1.05. The molecule has 0 bridgehead atoms. The minimum atomic E-state index is -1.74. The van der Waals surface area contributed by atoms with Gasteiger partial charge in [0, 0.05) is 53.1 Å². The maximum absolute atomic E-state index is 2.37. The maximum Gasteiger partial charge on any atom is 0.0542 e. The van der Waals surface area contributed by atoms with Gasteiger partial charge in [0.05, 0.1) is 11.0 Å². The van der Waals surface area contributed by atoms with Crippen LogP contribution in [-0.4, -0.2) is 4.57 Å². The summed E-state index contributed by atoms with van der Waals surface area (Å²) in [6.07, 6.45) is 0. The molecule has 57 heavy (non-hydrogen) atoms. The summed E-state index contributed by atoms with van der Waals surface area (Å²) in [5, 5.41) is 2.46. The van der Waals surface area contributed by atoms with E-state index in [4.69, 9.17) is 0 Å². The zero-order chi connectivity index (χ0) is 38.0. The third kappa shape index (κ3) is 6.10. The van der Waals surface area contributed by atoms with Crippen molar-refractivity contribution < 1.29 is 0 Å². The first-order valence-electron chi connectivity index (χ1n) is 19.4. The highest BCUT2D eigenvalue weighted by Crippen LogP contribution is 2.73. The van der Waals surface area contributed by atoms with E-state index in [9.17, 15) is 0 Å². The molecule has 2 nitrogen and oxygen atoms in total. The van der Waals surface area contributed by atoms with Gasteiger partial charge in [-0.2, -0.15) is 0 Å². The van der Waals surface area contributed by atoms with Crippen LogP contribution in [0.3, 0.4) is 0 Å². The molecule has 10 rings (SSSR count). The average molecular weight is 749 g/mol. The van der Waals surface area contributed by atoms with E-state index < -0.39 is 10.0 Å². The van der Waals surface area contributed by atoms with Crippen LogP contribution in [0.1, 0.15) is 0 Å². The summed E-state index contributed by atoms with van der Waals surface area (Å²) in [6, 6.07) is 88.3. The fraction of sp³-hybridized carbons (Fsp3) is 0. The molecule has 0 saturated carbocycles. The number of anilines is 3. The number of aromatic nitrogens is 1. The van der Waals surface area contributed by atoms with Crippen molar-refractivity contribution in [1.82, 2.24) is 4.57 Å². The highest BCUT2D eigenvalue weighted by Gasteiger charge is 2.33. The Labute approximate surface area is 335 Å². The third-order valence-corrected chi connectivity index (χ3v) is 14.8. The minimum Gasteiger partial charge on any atom is -0.310 e. The lowest BCUT2D eigenvalue weighted by Gasteiger charge is -2.42. The number of rotatable bonds is 9. The van der Waals surface area contributed by atoms with Gasteiger partial charge in [0.15, 0.2) is 0 Å². The lowest BCUT2D eigenvalue weighted by atomic mass is 10.0. The van der Waals surface area contributed by atoms with Crippen LogP contribution >= 0.6 is 10.0 Å². The van der Waals surface area contributed by atoms with Gasteiger partial charge in [0.2, 0.25) is 0 Å². The summed E-state index contributed by atoms with van der Waals surface area (Å²) in [5.74, 6) is 0. The summed E-state index contributed by atoms with van der Waals surface area (Å²) >= 11 is 0. The number of hydrogen-bond donors (Lipinski definition) is 0. The molecule has 0 unspecified atom stereocenters. The van der Waals surface area contributed by atoms with Gasteiger partial charge >= 0.3 is 0 Å². The lowest BCUT2D eigenvalue weighted by Crippen LogP contribution is -2.09. The van der Waals surface area contributed by atoms with Crippen LogP contribution in [0.2, 0.25) is 0 Å². The van der Waals surface area contributed by atoms with Gasteiger partial charge in [-0.05, 0) is 120 Å². The number of benzene rings is 9. The van der Waals surface area contributed by atoms with Crippen molar-refractivity contribution in [3.05, 3.63) is 243 Å². The fourth-order valence-electron chi connectivity index (χ4n) is 8.32. The quantitative estimate of drug-likeness (QED) is 0.143. The standard InChI is InChI=1S/C54H40N2S/c1-6-18-43(19-7-1)55(46-36-39-54-52(40-46)51-28-16-17-29-53(51)56(54)44-20-8-2-9-21-44)45-34-30-41(31-35-45)42-32-37-50(38-33-42)57(47-22-10-3-11-23-47,48-24-12-4-13-25-48)49-26-14-5-15-27-49/h1-40H. The van der Waals surface area contributed by atoms with Gasteiger partial charge < -0.3 is 9.47 Å². The van der Waals surface area contributed by atoms with Gasteiger partial charge in [-0.3, -0.25) is 0 Å². The van der Waals surface area contributed by atoms with Crippen molar-refractivity contribution in [2.24, 2.45) is 0 Å². The molecule has 0 aliphatic rings. The maximum atomic E-state index is 2.37. The Hall–Kier alpha value is -7.07. The van der Waals surface area contributed by atoms with Crippen LogP contribution < -0.4 is 4.90 Å². The van der Waals surface area contributed by atoms with Crippen LogP contribution in [0.5, 0.6) is 0 Å². The van der Waals surface area contributed by atoms with Crippen molar-refractivity contribution in [3.63, 3.8) is 0 Å². The van der Waals surface area contributed by atoms with E-state index in [2.05, 4.69) is 252 Å². The second-order valence-electron chi connectivity index (χ2n) is 14.2. The van der Waals surface area contributed by atoms with Gasteiger partial charge in [-0.1, -0.05) is 133 Å². The second-order valence-corrected chi connectivity index (χ2v) is 17.3. The Morgan fingerprint density at radius 3 is 1.26 bits per heavy atom. The third-order valence-electron chi connectivity index (χ3n) is 10.9. The molecule has 1 heterocycles. The van der Waals surface area contributed by atoms with Crippen LogP contribution in [0.25, 0.3) is 38.6 Å². The van der Waals surface area contributed by atoms with E-state index in [0.29, 0.717) is 0 Å². The predicted molar refractivity (Wildman–Crippen MR) is 241 cm³/mol. The smallest absolute Gasteiger partial charge is 0.0542 e. The number of nitrogens with zero attached hydrogens (tertiary/aromatic N) is 2. The summed E-state index contributed by atoms with van der Waals surface area (Å²) in [5.41, 5.74) is 9.25. The molecule has 0 fully saturated rings. The van der Waals surface area contributed by atoms with Gasteiger partial charge in [0.1, 0.15) is 0 Å². The van der Waals surface area contributed by atoms with Crippen molar-refractivity contribution >= 4 is 48.9 Å². The second kappa shape index (κ2) is 14.9. The first kappa shape index (κ1) is 34.4. The van der Waals surface area contributed by atoms with Gasteiger partial charge in [-0.25, -0.2) is 0 Å². The Kier molecular flexibility index (Phi) is 8.98. The number of fused-ring (bicyclic) bond motifs is 3. The molecule has 0 saturated heterocycles. The summed E-state index contributed by atoms with van der Waals surface area (Å²) in [7, 11) is -1.74. The Morgan fingerprint density at radius 1 is 0.298 bits per heavy atom.